The number of hydrogen-bond donors (Lipinski definition) is 0. The van der Waals surface area contributed by atoms with E-state index in [1.807, 2.05) is 12.2 Å². The standard InChI is InChI=1S/C16H10F3N5/c17-16(18,19)12-4-3-11-8-13(10-2-1-6-20-7-5-10)15-21-22-23-24(15)14(11)9-12/h1-6,8-9H,7H2. The van der Waals surface area contributed by atoms with Crippen molar-refractivity contribution in [3.8, 4) is 0 Å². The van der Waals surface area contributed by atoms with Crippen LogP contribution in [0, 0.1) is 0 Å². The molecule has 2 aromatic heterocycles. The van der Waals surface area contributed by atoms with E-state index < -0.39 is 11.7 Å². The number of aliphatic imine (C=N–C) groups is 1. The number of fused-ring (bicyclic) bond motifs is 3. The highest BCUT2D eigenvalue weighted by molar-refractivity contribution is 5.93. The molecule has 1 aliphatic heterocycles. The zero-order chi connectivity index (χ0) is 16.7. The van der Waals surface area contributed by atoms with Gasteiger partial charge < -0.3 is 0 Å². The van der Waals surface area contributed by atoms with Gasteiger partial charge in [0, 0.05) is 17.2 Å². The first kappa shape index (κ1) is 14.6. The molecule has 0 saturated carbocycles. The lowest BCUT2D eigenvalue weighted by molar-refractivity contribution is -0.137. The minimum absolute atomic E-state index is 0.308. The van der Waals surface area contributed by atoms with Crippen LogP contribution in [0.15, 0.2) is 47.5 Å². The molecule has 120 valence electrons. The van der Waals surface area contributed by atoms with Crippen molar-refractivity contribution < 1.29 is 13.2 Å². The summed E-state index contributed by atoms with van der Waals surface area (Å²) in [6.07, 6.45) is 2.86. The lowest BCUT2D eigenvalue weighted by Gasteiger charge is -2.10. The van der Waals surface area contributed by atoms with E-state index in [-0.39, 0.29) is 0 Å². The van der Waals surface area contributed by atoms with Gasteiger partial charge in [0.25, 0.3) is 0 Å². The summed E-state index contributed by atoms with van der Waals surface area (Å²) >= 11 is 0. The summed E-state index contributed by atoms with van der Waals surface area (Å²) in [6.45, 7) is 0.515. The number of aromatic nitrogens is 4. The maximum Gasteiger partial charge on any atom is 0.416 e. The van der Waals surface area contributed by atoms with Crippen molar-refractivity contribution in [1.29, 1.82) is 0 Å². The van der Waals surface area contributed by atoms with Crippen molar-refractivity contribution in [1.82, 2.24) is 20.0 Å². The maximum atomic E-state index is 13.0. The molecule has 24 heavy (non-hydrogen) atoms. The molecule has 0 amide bonds. The zero-order valence-corrected chi connectivity index (χ0v) is 12.2. The van der Waals surface area contributed by atoms with Crippen molar-refractivity contribution in [2.75, 3.05) is 6.54 Å². The van der Waals surface area contributed by atoms with Crippen LogP contribution >= 0.6 is 0 Å². The molecule has 0 radical (unpaired) electrons. The van der Waals surface area contributed by atoms with Crippen LogP contribution in [-0.2, 0) is 6.18 Å². The van der Waals surface area contributed by atoms with Gasteiger partial charge in [0.05, 0.1) is 17.6 Å². The molecule has 0 N–H and O–H groups in total. The number of alkyl halides is 3. The quantitative estimate of drug-likeness (QED) is 0.688. The Hall–Kier alpha value is -3.03. The van der Waals surface area contributed by atoms with Crippen LogP contribution in [0.5, 0.6) is 0 Å². The fourth-order valence-electron chi connectivity index (χ4n) is 2.66. The summed E-state index contributed by atoms with van der Waals surface area (Å²) in [5, 5.41) is 12.1. The van der Waals surface area contributed by atoms with Crippen molar-refractivity contribution in [3.05, 3.63) is 53.6 Å². The molecule has 3 heterocycles. The minimum atomic E-state index is -4.42. The highest BCUT2D eigenvalue weighted by atomic mass is 19.4. The Balaban J connectivity index is 2.00. The molecule has 0 unspecified atom stereocenters. The third-order valence-corrected chi connectivity index (χ3v) is 3.79. The Labute approximate surface area is 133 Å². The van der Waals surface area contributed by atoms with E-state index in [4.69, 9.17) is 0 Å². The van der Waals surface area contributed by atoms with Gasteiger partial charge in [-0.05, 0) is 40.3 Å². The van der Waals surface area contributed by atoms with Gasteiger partial charge in [0.1, 0.15) is 0 Å². The molecule has 0 aliphatic carbocycles. The van der Waals surface area contributed by atoms with Crippen molar-refractivity contribution >= 4 is 28.3 Å². The summed E-state index contributed by atoms with van der Waals surface area (Å²) in [4.78, 5) is 4.14. The molecule has 0 atom stereocenters. The second-order valence-electron chi connectivity index (χ2n) is 5.28. The Bertz CT molecular complexity index is 1030. The van der Waals surface area contributed by atoms with Crippen LogP contribution < -0.4 is 0 Å². The number of benzene rings is 1. The monoisotopic (exact) mass is 329 g/mol. The number of pyridine rings is 1. The Kier molecular flexibility index (Phi) is 3.19. The third-order valence-electron chi connectivity index (χ3n) is 3.79. The van der Waals surface area contributed by atoms with Gasteiger partial charge in [-0.25, -0.2) is 0 Å². The molecule has 8 heteroatoms. The normalized spacial score (nSPS) is 15.0. The van der Waals surface area contributed by atoms with Gasteiger partial charge >= 0.3 is 6.18 Å². The van der Waals surface area contributed by atoms with E-state index in [1.54, 1.807) is 18.4 Å². The first-order chi connectivity index (χ1) is 11.5. The van der Waals surface area contributed by atoms with Gasteiger partial charge in [0.15, 0.2) is 5.65 Å². The molecule has 5 nitrogen and oxygen atoms in total. The van der Waals surface area contributed by atoms with Crippen molar-refractivity contribution in [2.45, 2.75) is 6.18 Å². The highest BCUT2D eigenvalue weighted by Gasteiger charge is 2.31. The summed E-state index contributed by atoms with van der Waals surface area (Å²) in [7, 11) is 0. The number of halogens is 3. The third kappa shape index (κ3) is 2.36. The maximum absolute atomic E-state index is 13.0. The first-order valence-corrected chi connectivity index (χ1v) is 7.13. The van der Waals surface area contributed by atoms with Crippen LogP contribution in [0.3, 0.4) is 0 Å². The summed E-state index contributed by atoms with van der Waals surface area (Å²) in [6, 6.07) is 5.34. The molecule has 4 rings (SSSR count). The topological polar surface area (TPSA) is 55.4 Å². The van der Waals surface area contributed by atoms with Crippen LogP contribution in [0.4, 0.5) is 13.2 Å². The van der Waals surface area contributed by atoms with E-state index in [0.717, 1.165) is 23.3 Å². The van der Waals surface area contributed by atoms with Crippen LogP contribution in [0.2, 0.25) is 0 Å². The smallest absolute Gasteiger partial charge is 0.289 e. The highest BCUT2D eigenvalue weighted by Crippen LogP contribution is 2.33. The summed E-state index contributed by atoms with van der Waals surface area (Å²) < 4.78 is 40.2. The van der Waals surface area contributed by atoms with Crippen LogP contribution in [0.1, 0.15) is 11.1 Å². The second kappa shape index (κ2) is 5.26. The number of rotatable bonds is 1. The number of nitrogens with zero attached hydrogens (tertiary/aromatic N) is 5. The van der Waals surface area contributed by atoms with Crippen LogP contribution in [-0.4, -0.2) is 32.8 Å². The van der Waals surface area contributed by atoms with Crippen LogP contribution in [0.25, 0.3) is 22.1 Å². The van der Waals surface area contributed by atoms with E-state index in [2.05, 4.69) is 20.5 Å². The molecule has 0 spiro atoms. The molecule has 3 aromatic rings. The number of tetrazole rings is 1. The minimum Gasteiger partial charge on any atom is -0.289 e. The fourth-order valence-corrected chi connectivity index (χ4v) is 2.66. The zero-order valence-electron chi connectivity index (χ0n) is 12.2. The van der Waals surface area contributed by atoms with Gasteiger partial charge in [0.2, 0.25) is 0 Å². The predicted octanol–water partition coefficient (Wildman–Crippen LogP) is 3.32. The molecule has 1 aliphatic rings. The lowest BCUT2D eigenvalue weighted by atomic mass is 10.0. The van der Waals surface area contributed by atoms with Crippen molar-refractivity contribution in [2.24, 2.45) is 4.99 Å². The Morgan fingerprint density at radius 2 is 2.00 bits per heavy atom. The summed E-state index contributed by atoms with van der Waals surface area (Å²) in [5.74, 6) is 0. The van der Waals surface area contributed by atoms with Crippen molar-refractivity contribution in [3.63, 3.8) is 0 Å². The lowest BCUT2D eigenvalue weighted by Crippen LogP contribution is -2.05. The second-order valence-corrected chi connectivity index (χ2v) is 5.28. The Morgan fingerprint density at radius 1 is 1.12 bits per heavy atom. The molecule has 0 bridgehead atoms. The number of hydrogen-bond acceptors (Lipinski definition) is 4. The molecular weight excluding hydrogens is 319 g/mol. The number of allylic oxidation sites excluding steroid dienone is 3. The fraction of sp³-hybridized carbons (Fsp3) is 0.125. The average molecular weight is 329 g/mol. The average Bonchev–Trinajstić information content (AvgIpc) is 2.89. The Morgan fingerprint density at radius 3 is 2.83 bits per heavy atom. The van der Waals surface area contributed by atoms with E-state index in [1.165, 1.54) is 10.6 Å². The largest absolute Gasteiger partial charge is 0.416 e. The molecular formula is C16H10F3N5. The van der Waals surface area contributed by atoms with Gasteiger partial charge in [-0.3, -0.25) is 4.99 Å². The van der Waals surface area contributed by atoms with E-state index in [0.29, 0.717) is 23.1 Å². The van der Waals surface area contributed by atoms with Gasteiger partial charge in [-0.1, -0.05) is 18.2 Å². The van der Waals surface area contributed by atoms with Gasteiger partial charge in [-0.2, -0.15) is 17.7 Å². The van der Waals surface area contributed by atoms with E-state index in [9.17, 15) is 13.2 Å². The molecule has 0 fully saturated rings. The molecule has 1 aromatic carbocycles. The predicted molar refractivity (Wildman–Crippen MR) is 83.8 cm³/mol. The van der Waals surface area contributed by atoms with Gasteiger partial charge in [-0.15, -0.1) is 5.10 Å². The first-order valence-electron chi connectivity index (χ1n) is 7.13. The SMILES string of the molecule is FC(F)(F)c1ccc2cc(C3=CCN=CC=C3)c3nnnn3c2c1. The summed E-state index contributed by atoms with van der Waals surface area (Å²) in [5.41, 5.74) is 1.59. The molecule has 0 saturated heterocycles. The van der Waals surface area contributed by atoms with E-state index >= 15 is 0 Å².